The number of fused-ring (bicyclic) bond motifs is 6. The Balaban J connectivity index is 1.05. The van der Waals surface area contributed by atoms with Crippen LogP contribution < -0.4 is 0 Å². The predicted molar refractivity (Wildman–Crippen MR) is 202 cm³/mol. The van der Waals surface area contributed by atoms with E-state index in [0.717, 1.165) is 44.2 Å². The third-order valence-electron chi connectivity index (χ3n) is 9.82. The summed E-state index contributed by atoms with van der Waals surface area (Å²) in [6.45, 7) is 0. The topological polar surface area (TPSA) is 51.8 Å². The lowest BCUT2D eigenvalue weighted by Crippen LogP contribution is -2.00. The zero-order valence-corrected chi connectivity index (χ0v) is 27.0. The molecule has 9 aromatic rings. The van der Waals surface area contributed by atoms with Gasteiger partial charge in [0.1, 0.15) is 11.2 Å². The van der Waals surface area contributed by atoms with Gasteiger partial charge in [-0.2, -0.15) is 0 Å². The first kappa shape index (κ1) is 28.4. The Morgan fingerprint density at radius 2 is 0.920 bits per heavy atom. The molecule has 10 rings (SSSR count). The number of benzene rings is 7. The number of hydrogen-bond donors (Lipinski definition) is 0. The van der Waals surface area contributed by atoms with Crippen molar-refractivity contribution in [2.24, 2.45) is 0 Å². The normalized spacial score (nSPS) is 13.4. The zero-order chi connectivity index (χ0) is 33.0. The SMILES string of the molecule is c1ccc(-c2nc(-c3ccccc3)nc(-c3ccc4c(c3)oc3ccc(-c5ccc6c(c5)-c5ccccc5C6c5ccccc5)cc34)n2)cc1. The van der Waals surface area contributed by atoms with Crippen molar-refractivity contribution in [2.45, 2.75) is 5.92 Å². The molecule has 4 heteroatoms. The molecule has 2 aromatic heterocycles. The molecule has 0 spiro atoms. The molecule has 0 aliphatic heterocycles. The molecule has 0 fully saturated rings. The molecule has 50 heavy (non-hydrogen) atoms. The highest BCUT2D eigenvalue weighted by atomic mass is 16.3. The minimum atomic E-state index is 0.239. The van der Waals surface area contributed by atoms with Crippen LogP contribution in [0, 0.1) is 0 Å². The van der Waals surface area contributed by atoms with E-state index in [9.17, 15) is 0 Å². The third-order valence-corrected chi connectivity index (χ3v) is 9.82. The third kappa shape index (κ3) is 4.73. The molecule has 1 aliphatic carbocycles. The smallest absolute Gasteiger partial charge is 0.164 e. The van der Waals surface area contributed by atoms with E-state index < -0.39 is 0 Å². The zero-order valence-electron chi connectivity index (χ0n) is 27.0. The van der Waals surface area contributed by atoms with E-state index in [-0.39, 0.29) is 5.92 Å². The highest BCUT2D eigenvalue weighted by Crippen LogP contribution is 2.49. The number of furan rings is 1. The highest BCUT2D eigenvalue weighted by molar-refractivity contribution is 6.07. The summed E-state index contributed by atoms with van der Waals surface area (Å²) in [5.74, 6) is 2.11. The van der Waals surface area contributed by atoms with Crippen molar-refractivity contribution in [2.75, 3.05) is 0 Å². The first-order valence-electron chi connectivity index (χ1n) is 16.9. The summed E-state index contributed by atoms with van der Waals surface area (Å²) in [5, 5.41) is 2.14. The van der Waals surface area contributed by atoms with Crippen LogP contribution in [0.4, 0.5) is 0 Å². The van der Waals surface area contributed by atoms with Crippen molar-refractivity contribution < 1.29 is 4.42 Å². The number of nitrogens with zero attached hydrogens (tertiary/aromatic N) is 3. The summed E-state index contributed by atoms with van der Waals surface area (Å²) in [6.07, 6.45) is 0. The maximum absolute atomic E-state index is 6.45. The number of aromatic nitrogens is 3. The number of rotatable bonds is 5. The monoisotopic (exact) mass is 639 g/mol. The van der Waals surface area contributed by atoms with Crippen LogP contribution in [-0.4, -0.2) is 15.0 Å². The van der Waals surface area contributed by atoms with E-state index in [1.54, 1.807) is 0 Å². The summed E-state index contributed by atoms with van der Waals surface area (Å²) >= 11 is 0. The molecule has 2 heterocycles. The van der Waals surface area contributed by atoms with Gasteiger partial charge in [-0.15, -0.1) is 0 Å². The highest BCUT2D eigenvalue weighted by Gasteiger charge is 2.29. The minimum absolute atomic E-state index is 0.239. The fourth-order valence-electron chi connectivity index (χ4n) is 7.42. The van der Waals surface area contributed by atoms with Crippen LogP contribution in [0.3, 0.4) is 0 Å². The van der Waals surface area contributed by atoms with Crippen LogP contribution in [0.25, 0.3) is 78.4 Å². The van der Waals surface area contributed by atoms with Gasteiger partial charge in [0.25, 0.3) is 0 Å². The molecular formula is C46H29N3O. The van der Waals surface area contributed by atoms with E-state index >= 15 is 0 Å². The quantitative estimate of drug-likeness (QED) is 0.188. The molecular weight excluding hydrogens is 611 g/mol. The molecule has 0 saturated heterocycles. The lowest BCUT2D eigenvalue weighted by Gasteiger charge is -2.14. The standard InChI is InChI=1S/C46H29N3O/c1-4-12-29(13-5-1)43-37-19-11-10-18-35(37)39-26-32(20-24-38(39)43)33-22-25-41-40(27-33)36-23-21-34(28-42(36)50-41)46-48-44(30-14-6-2-7-15-30)47-45(49-46)31-16-8-3-9-17-31/h1-28,43H. The van der Waals surface area contributed by atoms with Crippen molar-refractivity contribution in [1.82, 2.24) is 15.0 Å². The molecule has 7 aromatic carbocycles. The number of hydrogen-bond acceptors (Lipinski definition) is 4. The summed E-state index contributed by atoms with van der Waals surface area (Å²) in [6, 6.07) is 59.4. The van der Waals surface area contributed by atoms with Gasteiger partial charge in [-0.3, -0.25) is 0 Å². The summed E-state index contributed by atoms with van der Waals surface area (Å²) in [5.41, 5.74) is 13.4. The Kier molecular flexibility index (Phi) is 6.53. The van der Waals surface area contributed by atoms with Gasteiger partial charge >= 0.3 is 0 Å². The van der Waals surface area contributed by atoms with Crippen molar-refractivity contribution in [3.05, 3.63) is 187 Å². The van der Waals surface area contributed by atoms with E-state index in [0.29, 0.717) is 17.5 Å². The van der Waals surface area contributed by atoms with Crippen LogP contribution in [0.2, 0.25) is 0 Å². The van der Waals surface area contributed by atoms with E-state index in [1.165, 1.54) is 33.4 Å². The van der Waals surface area contributed by atoms with E-state index in [4.69, 9.17) is 19.4 Å². The first-order chi connectivity index (χ1) is 24.8. The van der Waals surface area contributed by atoms with Gasteiger partial charge in [-0.05, 0) is 69.3 Å². The van der Waals surface area contributed by atoms with Crippen LogP contribution in [0.1, 0.15) is 22.6 Å². The molecule has 1 atom stereocenters. The van der Waals surface area contributed by atoms with Crippen molar-refractivity contribution in [3.8, 4) is 56.4 Å². The summed E-state index contributed by atoms with van der Waals surface area (Å²) < 4.78 is 6.45. The lowest BCUT2D eigenvalue weighted by atomic mass is 9.89. The van der Waals surface area contributed by atoms with Gasteiger partial charge in [0.15, 0.2) is 17.5 Å². The Morgan fingerprint density at radius 1 is 0.360 bits per heavy atom. The molecule has 0 amide bonds. The second kappa shape index (κ2) is 11.5. The second-order valence-electron chi connectivity index (χ2n) is 12.8. The maximum Gasteiger partial charge on any atom is 0.164 e. The molecule has 0 bridgehead atoms. The van der Waals surface area contributed by atoms with Crippen LogP contribution >= 0.6 is 0 Å². The molecule has 1 unspecified atom stereocenters. The van der Waals surface area contributed by atoms with Crippen LogP contribution in [0.5, 0.6) is 0 Å². The lowest BCUT2D eigenvalue weighted by molar-refractivity contribution is 0.669. The van der Waals surface area contributed by atoms with Crippen molar-refractivity contribution in [1.29, 1.82) is 0 Å². The van der Waals surface area contributed by atoms with Crippen molar-refractivity contribution >= 4 is 21.9 Å². The molecule has 0 N–H and O–H groups in total. The van der Waals surface area contributed by atoms with Gasteiger partial charge in [-0.25, -0.2) is 15.0 Å². The van der Waals surface area contributed by atoms with Crippen LogP contribution in [-0.2, 0) is 0 Å². The predicted octanol–water partition coefficient (Wildman–Crippen LogP) is 11.6. The Labute approximate surface area is 289 Å². The Hall–Kier alpha value is -6.65. The fraction of sp³-hybridized carbons (Fsp3) is 0.0217. The molecule has 4 nitrogen and oxygen atoms in total. The largest absolute Gasteiger partial charge is 0.456 e. The van der Waals surface area contributed by atoms with Gasteiger partial charge in [0.2, 0.25) is 0 Å². The molecule has 0 saturated carbocycles. The summed E-state index contributed by atoms with van der Waals surface area (Å²) in [4.78, 5) is 14.7. The van der Waals surface area contributed by atoms with Gasteiger partial charge in [0.05, 0.1) is 0 Å². The minimum Gasteiger partial charge on any atom is -0.456 e. The Bertz CT molecular complexity index is 2640. The maximum atomic E-state index is 6.45. The van der Waals surface area contributed by atoms with E-state index in [2.05, 4.69) is 103 Å². The van der Waals surface area contributed by atoms with Gasteiger partial charge in [0, 0.05) is 33.4 Å². The molecule has 1 aliphatic rings. The average Bonchev–Trinajstić information content (AvgIpc) is 3.73. The molecule has 234 valence electrons. The van der Waals surface area contributed by atoms with Crippen molar-refractivity contribution in [3.63, 3.8) is 0 Å². The van der Waals surface area contributed by atoms with E-state index in [1.807, 2.05) is 66.7 Å². The fourth-order valence-corrected chi connectivity index (χ4v) is 7.42. The second-order valence-corrected chi connectivity index (χ2v) is 12.8. The Morgan fingerprint density at radius 3 is 1.64 bits per heavy atom. The molecule has 0 radical (unpaired) electrons. The van der Waals surface area contributed by atoms with Gasteiger partial charge in [-0.1, -0.05) is 140 Å². The van der Waals surface area contributed by atoms with Gasteiger partial charge < -0.3 is 4.42 Å². The first-order valence-corrected chi connectivity index (χ1v) is 16.9. The summed E-state index contributed by atoms with van der Waals surface area (Å²) in [7, 11) is 0. The van der Waals surface area contributed by atoms with Crippen LogP contribution in [0.15, 0.2) is 174 Å². The average molecular weight is 640 g/mol.